The fourth-order valence-corrected chi connectivity index (χ4v) is 6.82. The van der Waals surface area contributed by atoms with Crippen LogP contribution in [0.1, 0.15) is 61.2 Å². The Balaban J connectivity index is 0.000000149. The minimum Gasteiger partial charge on any atom is -0.498 e. The van der Waals surface area contributed by atoms with Gasteiger partial charge >= 0.3 is 6.07 Å². The van der Waals surface area contributed by atoms with Crippen molar-refractivity contribution in [3.05, 3.63) is 187 Å². The largest absolute Gasteiger partial charge is 0.498 e. The number of fused-ring (bicyclic) bond motifs is 2. The topological polar surface area (TPSA) is 149 Å². The van der Waals surface area contributed by atoms with E-state index < -0.39 is 5.72 Å². The number of benzene rings is 5. The van der Waals surface area contributed by atoms with Crippen LogP contribution in [0.25, 0.3) is 5.01 Å². The van der Waals surface area contributed by atoms with Crippen molar-refractivity contribution in [3.8, 4) is 6.07 Å². The number of aryl methyl sites for hydroxylation is 4. The van der Waals surface area contributed by atoms with Crippen LogP contribution in [0.3, 0.4) is 0 Å². The zero-order valence-electron chi connectivity index (χ0n) is 30.8. The number of nitrogens with zero attached hydrogens (tertiary/aromatic N) is 5. The molecule has 1 aliphatic heterocycles. The van der Waals surface area contributed by atoms with Gasteiger partial charge in [-0.1, -0.05) is 123 Å². The lowest BCUT2D eigenvalue weighted by Crippen LogP contribution is -2.53. The molecule has 276 valence electrons. The highest BCUT2D eigenvalue weighted by Crippen LogP contribution is 2.38. The lowest BCUT2D eigenvalue weighted by Gasteiger charge is -2.30. The summed E-state index contributed by atoms with van der Waals surface area (Å²) in [5.74, 6) is 12.3. The third-order valence-electron chi connectivity index (χ3n) is 9.09. The summed E-state index contributed by atoms with van der Waals surface area (Å²) in [7, 11) is 0. The van der Waals surface area contributed by atoms with E-state index in [1.54, 1.807) is 17.1 Å². The van der Waals surface area contributed by atoms with Crippen LogP contribution < -0.4 is 11.7 Å². The van der Waals surface area contributed by atoms with Crippen LogP contribution in [0.15, 0.2) is 131 Å². The van der Waals surface area contributed by atoms with E-state index in [4.69, 9.17) is 33.3 Å². The van der Waals surface area contributed by atoms with Gasteiger partial charge in [0.15, 0.2) is 11.0 Å². The first-order valence-corrected chi connectivity index (χ1v) is 17.8. The number of amidine groups is 1. The molecule has 0 amide bonds. The Bertz CT molecular complexity index is 2150. The van der Waals surface area contributed by atoms with Gasteiger partial charge in [0.25, 0.3) is 0 Å². The van der Waals surface area contributed by atoms with E-state index in [-0.39, 0.29) is 5.17 Å². The van der Waals surface area contributed by atoms with Gasteiger partial charge in [0.05, 0.1) is 0 Å². The van der Waals surface area contributed by atoms with Crippen LogP contribution in [0.5, 0.6) is 0 Å². The summed E-state index contributed by atoms with van der Waals surface area (Å²) in [6, 6.07) is 40.2. The molecule has 0 unspecified atom stereocenters. The molecular formula is C43H44ClN7O3. The minimum absolute atomic E-state index is 0.127. The molecule has 10 nitrogen and oxygen atoms in total. The highest BCUT2D eigenvalue weighted by molar-refractivity contribution is 6.69. The molecule has 54 heavy (non-hydrogen) atoms. The van der Waals surface area contributed by atoms with Crippen molar-refractivity contribution in [2.45, 2.75) is 59.1 Å². The minimum atomic E-state index is -0.573. The second kappa shape index (κ2) is 18.1. The molecule has 0 radical (unpaired) electrons. The zero-order valence-corrected chi connectivity index (χ0v) is 31.6. The van der Waals surface area contributed by atoms with E-state index in [0.717, 1.165) is 53.6 Å². The maximum Gasteiger partial charge on any atom is 0.336 e. The fraction of sp³-hybridized carbons (Fsp3) is 0.209. The van der Waals surface area contributed by atoms with E-state index in [9.17, 15) is 5.21 Å². The molecule has 0 fully saturated rings. The molecule has 1 spiro atoms. The van der Waals surface area contributed by atoms with E-state index in [1.807, 2.05) is 50.2 Å². The van der Waals surface area contributed by atoms with E-state index >= 15 is 0 Å². The Labute approximate surface area is 321 Å². The summed E-state index contributed by atoms with van der Waals surface area (Å²) < 4.78 is 0. The van der Waals surface area contributed by atoms with E-state index in [0.29, 0.717) is 11.4 Å². The van der Waals surface area contributed by atoms with Gasteiger partial charge in [-0.15, -0.1) is 0 Å². The van der Waals surface area contributed by atoms with Gasteiger partial charge in [0, 0.05) is 47.5 Å². The predicted octanol–water partition coefficient (Wildman–Crippen LogP) is 8.31. The van der Waals surface area contributed by atoms with Gasteiger partial charge < -0.3 is 21.1 Å². The maximum atomic E-state index is 9.61. The molecule has 0 saturated heterocycles. The summed E-state index contributed by atoms with van der Waals surface area (Å²) in [6.45, 7) is 8.10. The van der Waals surface area contributed by atoms with Crippen molar-refractivity contribution in [2.24, 2.45) is 27.1 Å². The number of hydrogen-bond donors (Lipinski definition) is 3. The van der Waals surface area contributed by atoms with Crippen molar-refractivity contribution < 1.29 is 10.0 Å². The second-order valence-corrected chi connectivity index (χ2v) is 13.8. The van der Waals surface area contributed by atoms with Crippen LogP contribution in [-0.2, 0) is 30.5 Å². The average molecular weight is 742 g/mol. The van der Waals surface area contributed by atoms with Crippen LogP contribution in [-0.4, -0.2) is 32.7 Å². The lowest BCUT2D eigenvalue weighted by molar-refractivity contribution is -0.0910. The molecule has 1 heterocycles. The number of nitrogens with two attached hydrogens (primary N) is 2. The molecule has 8 rings (SSSR count). The summed E-state index contributed by atoms with van der Waals surface area (Å²) in [6.07, 6.45) is 3.40. The number of halogens is 1. The highest BCUT2D eigenvalue weighted by Gasteiger charge is 2.49. The first-order valence-electron chi connectivity index (χ1n) is 17.4. The van der Waals surface area contributed by atoms with Crippen molar-refractivity contribution in [2.75, 3.05) is 0 Å². The summed E-state index contributed by atoms with van der Waals surface area (Å²) >= 11 is 5.63. The van der Waals surface area contributed by atoms with Crippen LogP contribution in [0.4, 0.5) is 0 Å². The zero-order chi connectivity index (χ0) is 38.7. The molecule has 5 aromatic rings. The molecule has 11 heteroatoms. The van der Waals surface area contributed by atoms with Gasteiger partial charge in [-0.3, -0.25) is 0 Å². The summed E-state index contributed by atoms with van der Waals surface area (Å²) in [5.41, 5.74) is 12.9. The fourth-order valence-electron chi connectivity index (χ4n) is 6.71. The number of hydrogen-bond acceptors (Lipinski definition) is 9. The molecule has 5 N–H and O–H groups in total. The number of hydrazine groups is 1. The summed E-state index contributed by atoms with van der Waals surface area (Å²) in [4.78, 5) is 5.83. The van der Waals surface area contributed by atoms with Crippen LogP contribution in [0.2, 0.25) is 0 Å². The Kier molecular flexibility index (Phi) is 13.1. The molecule has 0 bridgehead atoms. The molecule has 0 saturated carbocycles. The Morgan fingerprint density at radius 3 is 1.76 bits per heavy atom. The number of rotatable bonds is 2. The summed E-state index contributed by atoms with van der Waals surface area (Å²) in [5, 5.41) is 33.3. The highest BCUT2D eigenvalue weighted by atomic mass is 35.5. The molecule has 5 aromatic carbocycles. The van der Waals surface area contributed by atoms with Gasteiger partial charge in [-0.05, 0) is 86.3 Å². The SMILES string of the molecule is Cc1cc(C)cc(/C(Cl)=N/O)c1.Cc1cc(C)cc(C2=NOC3(Cc4ccccc4C3)N2N)c1.NN=C1Cc2ccccc2C1.[O-][N+]#Cc1ccccc1. The predicted molar refractivity (Wildman–Crippen MR) is 218 cm³/mol. The smallest absolute Gasteiger partial charge is 0.336 e. The Hall–Kier alpha value is -6.15. The Morgan fingerprint density at radius 1 is 0.796 bits per heavy atom. The normalized spacial score (nSPS) is 14.3. The number of oxime groups is 2. The van der Waals surface area contributed by atoms with Crippen molar-refractivity contribution in [1.29, 1.82) is 0 Å². The van der Waals surface area contributed by atoms with E-state index in [2.05, 4.69) is 107 Å². The Morgan fingerprint density at radius 2 is 1.28 bits per heavy atom. The third kappa shape index (κ3) is 9.83. The quantitative estimate of drug-likeness (QED) is 0.0717. The first kappa shape index (κ1) is 39.1. The average Bonchev–Trinajstić information content (AvgIpc) is 3.86. The van der Waals surface area contributed by atoms with Gasteiger partial charge in [-0.25, -0.2) is 10.9 Å². The van der Waals surface area contributed by atoms with E-state index in [1.165, 1.54) is 33.4 Å². The molecule has 3 aliphatic rings. The van der Waals surface area contributed by atoms with Gasteiger partial charge in [0.2, 0.25) is 5.72 Å². The maximum absolute atomic E-state index is 9.61. The van der Waals surface area contributed by atoms with Gasteiger partial charge in [-0.2, -0.15) is 5.10 Å². The molecule has 0 aromatic heterocycles. The molecule has 0 atom stereocenters. The van der Waals surface area contributed by atoms with Gasteiger partial charge in [0.1, 0.15) is 5.56 Å². The lowest BCUT2D eigenvalue weighted by atomic mass is 10.0. The second-order valence-electron chi connectivity index (χ2n) is 13.5. The van der Waals surface area contributed by atoms with Crippen molar-refractivity contribution >= 4 is 28.3 Å². The standard InChI is InChI=1S/C18H19N3O.C9H10ClNO.C9H10N2.C7H5NO/c1-12-7-13(2)9-16(8-12)17-20-22-18(21(17)19)10-14-5-3-4-6-15(14)11-18;1-6-3-7(2)5-8(4-6)9(10)11-12;10-11-9-5-7-3-1-2-4-8(7)6-9;9-8-6-7-4-2-1-3-5-7/h3-9H,10-11,19H2,1-2H3;3-5,12H,1-2H3;1-4H,5-6,10H2;1-5H/b;11-9-;;. The van der Waals surface area contributed by atoms with Crippen LogP contribution in [0, 0.1) is 39.0 Å². The third-order valence-corrected chi connectivity index (χ3v) is 9.38. The number of hydrazone groups is 1. The molecule has 2 aliphatic carbocycles. The van der Waals surface area contributed by atoms with Crippen LogP contribution >= 0.6 is 11.6 Å². The first-order chi connectivity index (χ1) is 26.0. The van der Waals surface area contributed by atoms with Crippen molar-refractivity contribution in [3.63, 3.8) is 0 Å². The van der Waals surface area contributed by atoms with Crippen molar-refractivity contribution in [1.82, 2.24) is 5.01 Å². The monoisotopic (exact) mass is 741 g/mol. The molecular weight excluding hydrogens is 698 g/mol.